The molecule has 0 aliphatic rings. The molecule has 0 unspecified atom stereocenters. The van der Waals surface area contributed by atoms with Gasteiger partial charge in [-0.05, 0) is 13.0 Å². The van der Waals surface area contributed by atoms with Crippen molar-refractivity contribution in [3.8, 4) is 11.3 Å². The van der Waals surface area contributed by atoms with Crippen LogP contribution in [0.25, 0.3) is 11.3 Å². The standard InChI is InChI=1S/C9H11N5/c1-6-7(3-4-11-12-6)8-5-9(10)14(2)13-8/h3-5H,10H2,1-2H3. The van der Waals surface area contributed by atoms with E-state index in [1.54, 1.807) is 10.9 Å². The van der Waals surface area contributed by atoms with Crippen LogP contribution in [0.2, 0.25) is 0 Å². The predicted molar refractivity (Wildman–Crippen MR) is 53.4 cm³/mol. The van der Waals surface area contributed by atoms with Crippen LogP contribution in [0.15, 0.2) is 18.3 Å². The first-order valence-corrected chi connectivity index (χ1v) is 4.26. The Hall–Kier alpha value is -1.91. The van der Waals surface area contributed by atoms with Crippen molar-refractivity contribution < 1.29 is 0 Å². The minimum Gasteiger partial charge on any atom is -0.384 e. The lowest BCUT2D eigenvalue weighted by atomic mass is 10.1. The molecule has 0 aromatic carbocycles. The summed E-state index contributed by atoms with van der Waals surface area (Å²) in [5, 5.41) is 12.0. The highest BCUT2D eigenvalue weighted by molar-refractivity contribution is 5.63. The van der Waals surface area contributed by atoms with Crippen molar-refractivity contribution in [1.82, 2.24) is 20.0 Å². The van der Waals surface area contributed by atoms with Gasteiger partial charge in [-0.15, -0.1) is 0 Å². The Labute approximate surface area is 81.6 Å². The van der Waals surface area contributed by atoms with Gasteiger partial charge in [-0.1, -0.05) is 0 Å². The average Bonchev–Trinajstić information content (AvgIpc) is 2.48. The molecule has 5 nitrogen and oxygen atoms in total. The van der Waals surface area contributed by atoms with Crippen LogP contribution < -0.4 is 5.73 Å². The predicted octanol–water partition coefficient (Wildman–Crippen LogP) is 0.768. The molecule has 0 fully saturated rings. The van der Waals surface area contributed by atoms with Crippen molar-refractivity contribution >= 4 is 5.82 Å². The van der Waals surface area contributed by atoms with Crippen LogP contribution in [0, 0.1) is 6.92 Å². The minimum atomic E-state index is 0.635. The number of hydrogen-bond donors (Lipinski definition) is 1. The zero-order valence-electron chi connectivity index (χ0n) is 8.10. The van der Waals surface area contributed by atoms with E-state index in [9.17, 15) is 0 Å². The first-order chi connectivity index (χ1) is 6.68. The van der Waals surface area contributed by atoms with Crippen LogP contribution in [0.3, 0.4) is 0 Å². The van der Waals surface area contributed by atoms with Gasteiger partial charge in [0.15, 0.2) is 0 Å². The van der Waals surface area contributed by atoms with E-state index in [1.807, 2.05) is 26.1 Å². The quantitative estimate of drug-likeness (QED) is 0.719. The van der Waals surface area contributed by atoms with E-state index in [-0.39, 0.29) is 0 Å². The Morgan fingerprint density at radius 2 is 2.21 bits per heavy atom. The molecule has 2 aromatic heterocycles. The molecule has 0 aliphatic heterocycles. The van der Waals surface area contributed by atoms with Crippen LogP contribution in [-0.4, -0.2) is 20.0 Å². The smallest absolute Gasteiger partial charge is 0.121 e. The Bertz CT molecular complexity index is 440. The van der Waals surface area contributed by atoms with Crippen molar-refractivity contribution in [3.63, 3.8) is 0 Å². The van der Waals surface area contributed by atoms with Gasteiger partial charge in [-0.2, -0.15) is 15.3 Å². The van der Waals surface area contributed by atoms with E-state index in [4.69, 9.17) is 5.73 Å². The lowest BCUT2D eigenvalue weighted by molar-refractivity contribution is 0.781. The van der Waals surface area contributed by atoms with E-state index in [0.29, 0.717) is 5.82 Å². The number of nitrogens with two attached hydrogens (primary N) is 1. The maximum atomic E-state index is 5.69. The van der Waals surface area contributed by atoms with Crippen LogP contribution in [0.1, 0.15) is 5.69 Å². The van der Waals surface area contributed by atoms with Crippen molar-refractivity contribution in [2.75, 3.05) is 5.73 Å². The zero-order chi connectivity index (χ0) is 10.1. The number of anilines is 1. The Balaban J connectivity index is 2.55. The Kier molecular flexibility index (Phi) is 1.92. The van der Waals surface area contributed by atoms with E-state index >= 15 is 0 Å². The monoisotopic (exact) mass is 189 g/mol. The summed E-state index contributed by atoms with van der Waals surface area (Å²) < 4.78 is 1.63. The van der Waals surface area contributed by atoms with Gasteiger partial charge in [0, 0.05) is 18.7 Å². The molecule has 0 bridgehead atoms. The van der Waals surface area contributed by atoms with Gasteiger partial charge in [0.1, 0.15) is 5.82 Å². The fourth-order valence-corrected chi connectivity index (χ4v) is 1.29. The summed E-state index contributed by atoms with van der Waals surface area (Å²) in [6, 6.07) is 3.70. The fraction of sp³-hybridized carbons (Fsp3) is 0.222. The van der Waals surface area contributed by atoms with Crippen molar-refractivity contribution in [3.05, 3.63) is 24.0 Å². The molecule has 0 radical (unpaired) electrons. The van der Waals surface area contributed by atoms with Crippen LogP contribution in [0.4, 0.5) is 5.82 Å². The third kappa shape index (κ3) is 1.32. The second-order valence-corrected chi connectivity index (χ2v) is 3.11. The summed E-state index contributed by atoms with van der Waals surface area (Å²) in [5.74, 6) is 0.635. The topological polar surface area (TPSA) is 69.6 Å². The molecule has 14 heavy (non-hydrogen) atoms. The zero-order valence-corrected chi connectivity index (χ0v) is 8.10. The lowest BCUT2D eigenvalue weighted by Gasteiger charge is -1.97. The van der Waals surface area contributed by atoms with Crippen LogP contribution in [-0.2, 0) is 7.05 Å². The van der Waals surface area contributed by atoms with Crippen LogP contribution in [0.5, 0.6) is 0 Å². The largest absolute Gasteiger partial charge is 0.384 e. The SMILES string of the molecule is Cc1nnccc1-c1cc(N)n(C)n1. The summed E-state index contributed by atoms with van der Waals surface area (Å²) in [7, 11) is 1.81. The molecule has 0 saturated heterocycles. The first-order valence-electron chi connectivity index (χ1n) is 4.26. The van der Waals surface area contributed by atoms with Crippen molar-refractivity contribution in [2.24, 2.45) is 7.05 Å². The van der Waals surface area contributed by atoms with Gasteiger partial charge in [0.05, 0.1) is 17.6 Å². The van der Waals surface area contributed by atoms with Gasteiger partial charge >= 0.3 is 0 Å². The second-order valence-electron chi connectivity index (χ2n) is 3.11. The van der Waals surface area contributed by atoms with E-state index in [2.05, 4.69) is 15.3 Å². The third-order valence-electron chi connectivity index (χ3n) is 2.10. The van der Waals surface area contributed by atoms with Crippen molar-refractivity contribution in [2.45, 2.75) is 6.92 Å². The van der Waals surface area contributed by atoms with Crippen LogP contribution >= 0.6 is 0 Å². The van der Waals surface area contributed by atoms with Gasteiger partial charge in [0.2, 0.25) is 0 Å². The molecule has 2 heterocycles. The lowest BCUT2D eigenvalue weighted by Crippen LogP contribution is -1.97. The van der Waals surface area contributed by atoms with Gasteiger partial charge < -0.3 is 5.73 Å². The summed E-state index contributed by atoms with van der Waals surface area (Å²) >= 11 is 0. The van der Waals surface area contributed by atoms with E-state index in [0.717, 1.165) is 17.0 Å². The minimum absolute atomic E-state index is 0.635. The fourth-order valence-electron chi connectivity index (χ4n) is 1.29. The molecule has 2 rings (SSSR count). The highest BCUT2D eigenvalue weighted by Gasteiger charge is 2.07. The highest BCUT2D eigenvalue weighted by Crippen LogP contribution is 2.20. The van der Waals surface area contributed by atoms with Crippen molar-refractivity contribution in [1.29, 1.82) is 0 Å². The Morgan fingerprint density at radius 3 is 2.79 bits per heavy atom. The summed E-state index contributed by atoms with van der Waals surface area (Å²) in [6.07, 6.45) is 1.65. The van der Waals surface area contributed by atoms with E-state index in [1.165, 1.54) is 0 Å². The number of rotatable bonds is 1. The average molecular weight is 189 g/mol. The second kappa shape index (κ2) is 3.10. The van der Waals surface area contributed by atoms with Gasteiger partial charge in [-0.25, -0.2) is 0 Å². The number of aromatic nitrogens is 4. The third-order valence-corrected chi connectivity index (χ3v) is 2.10. The Morgan fingerprint density at radius 1 is 1.43 bits per heavy atom. The summed E-state index contributed by atoms with van der Waals surface area (Å²) in [6.45, 7) is 1.90. The number of hydrogen-bond acceptors (Lipinski definition) is 4. The molecule has 0 aliphatic carbocycles. The normalized spacial score (nSPS) is 10.4. The number of nitrogens with zero attached hydrogens (tertiary/aromatic N) is 4. The maximum Gasteiger partial charge on any atom is 0.121 e. The van der Waals surface area contributed by atoms with Gasteiger partial charge in [0.25, 0.3) is 0 Å². The summed E-state index contributed by atoms with van der Waals surface area (Å²) in [5.41, 5.74) is 8.34. The van der Waals surface area contributed by atoms with E-state index < -0.39 is 0 Å². The maximum absolute atomic E-state index is 5.69. The first kappa shape index (κ1) is 8.68. The molecular formula is C9H11N5. The molecule has 0 spiro atoms. The molecule has 5 heteroatoms. The van der Waals surface area contributed by atoms with Gasteiger partial charge in [-0.3, -0.25) is 4.68 Å². The molecule has 2 aromatic rings. The molecule has 72 valence electrons. The number of nitrogen functional groups attached to an aromatic ring is 1. The molecule has 0 saturated carbocycles. The molecule has 0 atom stereocenters. The summed E-state index contributed by atoms with van der Waals surface area (Å²) in [4.78, 5) is 0. The number of aryl methyl sites for hydroxylation is 2. The molecular weight excluding hydrogens is 178 g/mol. The molecule has 2 N–H and O–H groups in total. The molecule has 0 amide bonds. The highest BCUT2D eigenvalue weighted by atomic mass is 15.3.